The predicted molar refractivity (Wildman–Crippen MR) is 106 cm³/mol. The second-order valence-corrected chi connectivity index (χ2v) is 7.34. The van der Waals surface area contributed by atoms with Crippen LogP contribution in [0.2, 0.25) is 10.0 Å². The Morgan fingerprint density at radius 2 is 1.85 bits per heavy atom. The van der Waals surface area contributed by atoms with Crippen molar-refractivity contribution < 1.29 is 9.53 Å². The van der Waals surface area contributed by atoms with Crippen LogP contribution in [-0.2, 0) is 22.5 Å². The lowest BCUT2D eigenvalue weighted by molar-refractivity contribution is -0.135. The third kappa shape index (κ3) is 3.95. The van der Waals surface area contributed by atoms with E-state index in [0.29, 0.717) is 42.8 Å². The average Bonchev–Trinajstić information content (AvgIpc) is 3.02. The van der Waals surface area contributed by atoms with E-state index in [4.69, 9.17) is 32.9 Å². The van der Waals surface area contributed by atoms with E-state index in [1.165, 1.54) is 0 Å². The summed E-state index contributed by atoms with van der Waals surface area (Å²) in [4.78, 5) is 19.4. The number of hydrogen-bond donors (Lipinski definition) is 0. The van der Waals surface area contributed by atoms with Gasteiger partial charge in [0.15, 0.2) is 0 Å². The van der Waals surface area contributed by atoms with E-state index in [0.717, 1.165) is 22.4 Å². The Hall–Kier alpha value is -2.08. The topological polar surface area (TPSA) is 47.4 Å². The molecule has 0 radical (unpaired) electrons. The van der Waals surface area contributed by atoms with Gasteiger partial charge in [0.05, 0.1) is 34.3 Å². The van der Waals surface area contributed by atoms with Crippen LogP contribution < -0.4 is 0 Å². The number of benzene rings is 2. The van der Waals surface area contributed by atoms with Gasteiger partial charge in [-0.3, -0.25) is 4.79 Å². The molecule has 0 atom stereocenters. The molecule has 0 bridgehead atoms. The zero-order valence-electron chi connectivity index (χ0n) is 14.7. The van der Waals surface area contributed by atoms with Crippen LogP contribution >= 0.6 is 23.2 Å². The molecule has 27 heavy (non-hydrogen) atoms. The fraction of sp³-hybridized carbons (Fsp3) is 0.300. The number of nitrogens with zero attached hydrogens (tertiary/aromatic N) is 3. The van der Waals surface area contributed by atoms with Gasteiger partial charge >= 0.3 is 0 Å². The van der Waals surface area contributed by atoms with Crippen molar-refractivity contribution in [2.45, 2.75) is 13.0 Å². The maximum atomic E-state index is 12.8. The van der Waals surface area contributed by atoms with Gasteiger partial charge in [-0.25, -0.2) is 4.98 Å². The quantitative estimate of drug-likeness (QED) is 0.665. The van der Waals surface area contributed by atoms with Crippen LogP contribution in [0.3, 0.4) is 0 Å². The van der Waals surface area contributed by atoms with E-state index < -0.39 is 0 Å². The number of rotatable bonds is 4. The molecule has 1 fully saturated rings. The van der Waals surface area contributed by atoms with Crippen molar-refractivity contribution in [3.05, 3.63) is 63.9 Å². The summed E-state index contributed by atoms with van der Waals surface area (Å²) in [6.45, 7) is 2.71. The highest BCUT2D eigenvalue weighted by Gasteiger charge is 2.20. The molecule has 140 valence electrons. The number of imidazole rings is 1. The molecule has 0 spiro atoms. The number of carbonyl (C=O) groups is 1. The summed E-state index contributed by atoms with van der Waals surface area (Å²) >= 11 is 12.2. The summed E-state index contributed by atoms with van der Waals surface area (Å²) in [6, 6.07) is 13.4. The molecule has 1 saturated heterocycles. The molecule has 1 amide bonds. The lowest BCUT2D eigenvalue weighted by atomic mass is 10.1. The van der Waals surface area contributed by atoms with E-state index in [1.807, 2.05) is 45.9 Å². The molecular formula is C20H19Cl2N3O2. The van der Waals surface area contributed by atoms with Gasteiger partial charge in [0.2, 0.25) is 5.91 Å². The molecule has 1 aromatic heterocycles. The lowest BCUT2D eigenvalue weighted by Crippen LogP contribution is -2.42. The minimum Gasteiger partial charge on any atom is -0.378 e. The van der Waals surface area contributed by atoms with Crippen molar-refractivity contribution in [2.24, 2.45) is 0 Å². The maximum Gasteiger partial charge on any atom is 0.242 e. The molecule has 0 aliphatic carbocycles. The first kappa shape index (κ1) is 18.3. The summed E-state index contributed by atoms with van der Waals surface area (Å²) in [7, 11) is 0. The summed E-state index contributed by atoms with van der Waals surface area (Å²) in [6.07, 6.45) is 0.571. The Balaban J connectivity index is 1.66. The van der Waals surface area contributed by atoms with Crippen LogP contribution in [0.25, 0.3) is 11.0 Å². The van der Waals surface area contributed by atoms with Crippen LogP contribution in [0.5, 0.6) is 0 Å². The Bertz CT molecular complexity index is 981. The molecule has 2 aromatic carbocycles. The first-order chi connectivity index (χ1) is 13.1. The van der Waals surface area contributed by atoms with Crippen LogP contribution in [0.4, 0.5) is 0 Å². The van der Waals surface area contributed by atoms with Gasteiger partial charge in [-0.1, -0.05) is 41.4 Å². The highest BCUT2D eigenvalue weighted by molar-refractivity contribution is 6.42. The van der Waals surface area contributed by atoms with E-state index in [9.17, 15) is 4.79 Å². The first-order valence-corrected chi connectivity index (χ1v) is 9.61. The monoisotopic (exact) mass is 403 g/mol. The SMILES string of the molecule is O=C(Cn1c(Cc2ccc(Cl)c(Cl)c2)nc2ccccc21)N1CCOCC1. The van der Waals surface area contributed by atoms with E-state index in [-0.39, 0.29) is 12.5 Å². The van der Waals surface area contributed by atoms with Crippen LogP contribution in [-0.4, -0.2) is 46.7 Å². The molecule has 7 heteroatoms. The van der Waals surface area contributed by atoms with Crippen molar-refractivity contribution in [1.29, 1.82) is 0 Å². The number of fused-ring (bicyclic) bond motifs is 1. The molecule has 3 aromatic rings. The molecule has 1 aliphatic rings. The number of carbonyl (C=O) groups excluding carboxylic acids is 1. The molecule has 0 saturated carbocycles. The van der Waals surface area contributed by atoms with Crippen molar-refractivity contribution in [2.75, 3.05) is 26.3 Å². The Labute approximate surface area is 167 Å². The zero-order valence-corrected chi connectivity index (χ0v) is 16.2. The van der Waals surface area contributed by atoms with Crippen LogP contribution in [0.15, 0.2) is 42.5 Å². The van der Waals surface area contributed by atoms with Gasteiger partial charge in [0, 0.05) is 19.5 Å². The van der Waals surface area contributed by atoms with E-state index >= 15 is 0 Å². The van der Waals surface area contributed by atoms with Gasteiger partial charge in [-0.05, 0) is 29.8 Å². The van der Waals surface area contributed by atoms with Gasteiger partial charge in [0.1, 0.15) is 12.4 Å². The molecule has 0 N–H and O–H groups in total. The minimum atomic E-state index is 0.0804. The van der Waals surface area contributed by atoms with Crippen molar-refractivity contribution in [3.8, 4) is 0 Å². The number of para-hydroxylation sites is 2. The maximum absolute atomic E-state index is 12.8. The van der Waals surface area contributed by atoms with Gasteiger partial charge < -0.3 is 14.2 Å². The minimum absolute atomic E-state index is 0.0804. The largest absolute Gasteiger partial charge is 0.378 e. The smallest absolute Gasteiger partial charge is 0.242 e. The number of halogens is 2. The molecule has 5 nitrogen and oxygen atoms in total. The fourth-order valence-corrected chi connectivity index (χ4v) is 3.64. The summed E-state index contributed by atoms with van der Waals surface area (Å²) in [5.41, 5.74) is 2.83. The number of ether oxygens (including phenoxy) is 1. The van der Waals surface area contributed by atoms with Crippen molar-refractivity contribution in [3.63, 3.8) is 0 Å². The third-order valence-corrected chi connectivity index (χ3v) is 5.48. The third-order valence-electron chi connectivity index (χ3n) is 4.74. The highest BCUT2D eigenvalue weighted by atomic mass is 35.5. The Morgan fingerprint density at radius 1 is 1.07 bits per heavy atom. The number of hydrogen-bond acceptors (Lipinski definition) is 3. The predicted octanol–water partition coefficient (Wildman–Crippen LogP) is 3.79. The standard InChI is InChI=1S/C20H19Cl2N3O2/c21-15-6-5-14(11-16(15)22)12-19-23-17-3-1-2-4-18(17)25(19)13-20(26)24-7-9-27-10-8-24/h1-6,11H,7-10,12-13H2. The van der Waals surface area contributed by atoms with Gasteiger partial charge in [-0.2, -0.15) is 0 Å². The Kier molecular flexibility index (Phi) is 5.34. The summed E-state index contributed by atoms with van der Waals surface area (Å²) in [5.74, 6) is 0.910. The van der Waals surface area contributed by atoms with E-state index in [1.54, 1.807) is 6.07 Å². The van der Waals surface area contributed by atoms with E-state index in [2.05, 4.69) is 0 Å². The van der Waals surface area contributed by atoms with Crippen LogP contribution in [0, 0.1) is 0 Å². The second-order valence-electron chi connectivity index (χ2n) is 6.52. The Morgan fingerprint density at radius 3 is 2.63 bits per heavy atom. The highest BCUT2D eigenvalue weighted by Crippen LogP contribution is 2.25. The first-order valence-electron chi connectivity index (χ1n) is 8.85. The molecule has 0 unspecified atom stereocenters. The average molecular weight is 404 g/mol. The number of morpholine rings is 1. The second kappa shape index (κ2) is 7.89. The summed E-state index contributed by atoms with van der Waals surface area (Å²) < 4.78 is 7.34. The van der Waals surface area contributed by atoms with Crippen molar-refractivity contribution >= 4 is 40.1 Å². The van der Waals surface area contributed by atoms with Gasteiger partial charge in [0.25, 0.3) is 0 Å². The van der Waals surface area contributed by atoms with Crippen molar-refractivity contribution in [1.82, 2.24) is 14.5 Å². The fourth-order valence-electron chi connectivity index (χ4n) is 3.32. The normalized spacial score (nSPS) is 14.7. The molecular weight excluding hydrogens is 385 g/mol. The molecule has 4 rings (SSSR count). The molecule has 2 heterocycles. The van der Waals surface area contributed by atoms with Crippen LogP contribution in [0.1, 0.15) is 11.4 Å². The molecule has 1 aliphatic heterocycles. The number of aromatic nitrogens is 2. The van der Waals surface area contributed by atoms with Gasteiger partial charge in [-0.15, -0.1) is 0 Å². The zero-order chi connectivity index (χ0) is 18.8. The lowest BCUT2D eigenvalue weighted by Gasteiger charge is -2.27. The number of amides is 1. The summed E-state index contributed by atoms with van der Waals surface area (Å²) in [5, 5.41) is 1.04.